The van der Waals surface area contributed by atoms with Crippen LogP contribution >= 0.6 is 0 Å². The summed E-state index contributed by atoms with van der Waals surface area (Å²) in [6, 6.07) is 28.0. The molecule has 0 unspecified atom stereocenters. The summed E-state index contributed by atoms with van der Waals surface area (Å²) < 4.78 is 0. The summed E-state index contributed by atoms with van der Waals surface area (Å²) in [6.45, 7) is 2.23. The van der Waals surface area contributed by atoms with E-state index in [1.54, 1.807) is 18.0 Å². The third-order valence-corrected chi connectivity index (χ3v) is 6.53. The minimum Gasteiger partial charge on any atom is -0.359 e. The van der Waals surface area contributed by atoms with E-state index in [0.29, 0.717) is 0 Å². The van der Waals surface area contributed by atoms with E-state index in [2.05, 4.69) is 82.9 Å². The van der Waals surface area contributed by atoms with Crippen LogP contribution in [0.1, 0.15) is 43.7 Å². The molecule has 1 heterocycles. The van der Waals surface area contributed by atoms with Crippen LogP contribution in [0.15, 0.2) is 103 Å². The molecule has 3 heteroatoms. The van der Waals surface area contributed by atoms with E-state index in [-0.39, 0.29) is 0 Å². The average Bonchev–Trinajstić information content (AvgIpc) is 2.85. The third kappa shape index (κ3) is 5.09. The van der Waals surface area contributed by atoms with Crippen molar-refractivity contribution in [1.29, 1.82) is 0 Å². The lowest BCUT2D eigenvalue weighted by molar-refractivity contribution is 0.647. The quantitative estimate of drug-likeness (QED) is 0.300. The van der Waals surface area contributed by atoms with Crippen LogP contribution in [-0.2, 0) is 12.8 Å². The number of hydrogen-bond acceptors (Lipinski definition) is 3. The first-order valence-corrected chi connectivity index (χ1v) is 12.3. The molecule has 1 aliphatic rings. The van der Waals surface area contributed by atoms with Gasteiger partial charge in [0.05, 0.1) is 11.4 Å². The highest BCUT2D eigenvalue weighted by Crippen LogP contribution is 2.32. The summed E-state index contributed by atoms with van der Waals surface area (Å²) in [5, 5.41) is 3.74. The Morgan fingerprint density at radius 1 is 0.735 bits per heavy atom. The molecule has 0 amide bonds. The van der Waals surface area contributed by atoms with Crippen LogP contribution in [0.2, 0.25) is 0 Å². The lowest BCUT2D eigenvalue weighted by Gasteiger charge is -2.24. The molecule has 1 fully saturated rings. The highest BCUT2D eigenvalue weighted by molar-refractivity contribution is 5.78. The molecule has 5 rings (SSSR count). The summed E-state index contributed by atoms with van der Waals surface area (Å²) in [5.41, 5.74) is 10.8. The van der Waals surface area contributed by atoms with Crippen molar-refractivity contribution in [3.63, 3.8) is 0 Å². The van der Waals surface area contributed by atoms with Gasteiger partial charge in [0.1, 0.15) is 0 Å². The first kappa shape index (κ1) is 22.1. The normalized spacial score (nSPS) is 12.8. The maximum atomic E-state index is 4.65. The number of aromatic nitrogens is 2. The molecule has 34 heavy (non-hydrogen) atoms. The number of benzene rings is 3. The largest absolute Gasteiger partial charge is 0.359 e. The van der Waals surface area contributed by atoms with Gasteiger partial charge >= 0.3 is 0 Å². The van der Waals surface area contributed by atoms with Gasteiger partial charge < -0.3 is 5.32 Å². The van der Waals surface area contributed by atoms with Crippen molar-refractivity contribution in [2.75, 3.05) is 5.32 Å². The topological polar surface area (TPSA) is 37.8 Å². The first-order valence-electron chi connectivity index (χ1n) is 12.3. The zero-order valence-corrected chi connectivity index (χ0v) is 19.8. The fraction of sp³-hybridized carbons (Fsp3) is 0.226. The number of aryl methyl sites for hydroxylation is 1. The van der Waals surface area contributed by atoms with Gasteiger partial charge in [0.15, 0.2) is 0 Å². The smallest absolute Gasteiger partial charge is 0.0965 e. The Balaban J connectivity index is 1.35. The van der Waals surface area contributed by atoms with Crippen LogP contribution in [0.4, 0.5) is 5.69 Å². The molecule has 1 aromatic heterocycles. The summed E-state index contributed by atoms with van der Waals surface area (Å²) in [5.74, 6) is 0. The number of anilines is 1. The Hall–Kier alpha value is -3.72. The van der Waals surface area contributed by atoms with Crippen molar-refractivity contribution < 1.29 is 0 Å². The molecule has 0 bridgehead atoms. The Morgan fingerprint density at radius 2 is 1.35 bits per heavy atom. The van der Waals surface area contributed by atoms with Crippen molar-refractivity contribution in [2.45, 2.75) is 45.4 Å². The van der Waals surface area contributed by atoms with Crippen LogP contribution in [0.5, 0.6) is 0 Å². The molecular formula is C31H31N3. The second-order valence-corrected chi connectivity index (χ2v) is 9.00. The van der Waals surface area contributed by atoms with E-state index in [4.69, 9.17) is 0 Å². The molecule has 0 atom stereocenters. The van der Waals surface area contributed by atoms with E-state index in [1.807, 2.05) is 18.2 Å². The second kappa shape index (κ2) is 10.5. The number of nitrogens with one attached hydrogen (secondary N) is 1. The predicted molar refractivity (Wildman–Crippen MR) is 142 cm³/mol. The molecule has 170 valence electrons. The van der Waals surface area contributed by atoms with Crippen LogP contribution in [0.25, 0.3) is 22.5 Å². The molecular weight excluding hydrogens is 414 g/mol. The molecule has 4 aromatic rings. The van der Waals surface area contributed by atoms with Crippen molar-refractivity contribution in [3.05, 3.63) is 114 Å². The second-order valence-electron chi connectivity index (χ2n) is 9.00. The van der Waals surface area contributed by atoms with Crippen LogP contribution in [-0.4, -0.2) is 9.97 Å². The van der Waals surface area contributed by atoms with Gasteiger partial charge in [-0.25, -0.2) is 0 Å². The standard InChI is InChI=1S/C31H31N3/c1-2-7-23-12-14-24(15-13-23)22-29(25-10-6-11-25)34-28-18-16-27(17-19-28)31-30(32-20-21-33-31)26-8-4-3-5-9-26/h3-5,8-9,12-21,34H,2,6-7,10-11,22H2,1H3. The van der Waals surface area contributed by atoms with Gasteiger partial charge in [-0.05, 0) is 48.9 Å². The minimum atomic E-state index is 0.907. The van der Waals surface area contributed by atoms with E-state index in [1.165, 1.54) is 42.5 Å². The zero-order valence-electron chi connectivity index (χ0n) is 19.8. The monoisotopic (exact) mass is 445 g/mol. The molecule has 0 aliphatic heterocycles. The van der Waals surface area contributed by atoms with Crippen LogP contribution in [0.3, 0.4) is 0 Å². The predicted octanol–water partition coefficient (Wildman–Crippen LogP) is 7.86. The van der Waals surface area contributed by atoms with Gasteiger partial charge in [-0.3, -0.25) is 9.97 Å². The summed E-state index contributed by atoms with van der Waals surface area (Å²) in [6.07, 6.45) is 10.5. The van der Waals surface area contributed by atoms with E-state index < -0.39 is 0 Å². The fourth-order valence-electron chi connectivity index (χ4n) is 4.47. The lowest BCUT2D eigenvalue weighted by Crippen LogP contribution is -2.11. The summed E-state index contributed by atoms with van der Waals surface area (Å²) in [7, 11) is 0. The highest BCUT2D eigenvalue weighted by atomic mass is 14.9. The molecule has 1 saturated carbocycles. The number of rotatable bonds is 8. The maximum absolute atomic E-state index is 4.65. The Bertz CT molecular complexity index is 1250. The van der Waals surface area contributed by atoms with E-state index in [9.17, 15) is 0 Å². The number of hydrogen-bond donors (Lipinski definition) is 1. The molecule has 0 spiro atoms. The van der Waals surface area contributed by atoms with Gasteiger partial charge in [-0.15, -0.1) is 0 Å². The molecule has 3 nitrogen and oxygen atoms in total. The van der Waals surface area contributed by atoms with Gasteiger partial charge in [-0.2, -0.15) is 0 Å². The van der Waals surface area contributed by atoms with Gasteiger partial charge in [-0.1, -0.05) is 85.6 Å². The Kier molecular flexibility index (Phi) is 6.81. The first-order chi connectivity index (χ1) is 16.8. The maximum Gasteiger partial charge on any atom is 0.0965 e. The molecule has 3 aromatic carbocycles. The number of nitrogens with zero attached hydrogens (tertiary/aromatic N) is 2. The third-order valence-electron chi connectivity index (χ3n) is 6.53. The van der Waals surface area contributed by atoms with Gasteiger partial charge in [0.25, 0.3) is 0 Å². The average molecular weight is 446 g/mol. The molecule has 0 radical (unpaired) electrons. The molecule has 1 aliphatic carbocycles. The van der Waals surface area contributed by atoms with Crippen molar-refractivity contribution in [2.24, 2.45) is 0 Å². The highest BCUT2D eigenvalue weighted by Gasteiger charge is 2.16. The van der Waals surface area contributed by atoms with Crippen molar-refractivity contribution >= 4 is 5.69 Å². The molecule has 1 N–H and O–H groups in total. The zero-order chi connectivity index (χ0) is 23.2. The fourth-order valence-corrected chi connectivity index (χ4v) is 4.47. The van der Waals surface area contributed by atoms with Crippen molar-refractivity contribution in [1.82, 2.24) is 9.97 Å². The summed E-state index contributed by atoms with van der Waals surface area (Å²) in [4.78, 5) is 9.27. The van der Waals surface area contributed by atoms with Crippen LogP contribution < -0.4 is 5.32 Å². The SMILES string of the molecule is CCCc1ccc(CC(Nc2ccc(-c3nccnc3-c3ccccc3)cc2)=C2CCC2)cc1. The van der Waals surface area contributed by atoms with Gasteiger partial charge in [0, 0.05) is 41.3 Å². The molecule has 0 saturated heterocycles. The lowest BCUT2D eigenvalue weighted by atomic mass is 9.88. The van der Waals surface area contributed by atoms with Crippen molar-refractivity contribution in [3.8, 4) is 22.5 Å². The minimum absolute atomic E-state index is 0.907. The summed E-state index contributed by atoms with van der Waals surface area (Å²) >= 11 is 0. The Morgan fingerprint density at radius 3 is 1.94 bits per heavy atom. The van der Waals surface area contributed by atoms with E-state index >= 15 is 0 Å². The Labute approximate surface area is 202 Å². The van der Waals surface area contributed by atoms with Gasteiger partial charge in [0.2, 0.25) is 0 Å². The van der Waals surface area contributed by atoms with E-state index in [0.717, 1.165) is 41.0 Å². The van der Waals surface area contributed by atoms with Crippen LogP contribution in [0, 0.1) is 0 Å². The number of allylic oxidation sites excluding steroid dienone is 2.